The molecule has 0 bridgehead atoms. The highest BCUT2D eigenvalue weighted by Gasteiger charge is 2.22. The number of nitrogens with zero attached hydrogens (tertiary/aromatic N) is 1. The Balaban J connectivity index is 1.32. The summed E-state index contributed by atoms with van der Waals surface area (Å²) in [6, 6.07) is 28.2. The topological polar surface area (TPSA) is 4.93 Å². The van der Waals surface area contributed by atoms with E-state index in [9.17, 15) is 0 Å². The van der Waals surface area contributed by atoms with E-state index in [1.807, 2.05) is 45.3 Å². The van der Waals surface area contributed by atoms with Gasteiger partial charge in [-0.3, -0.25) is 0 Å². The first-order valence-electron chi connectivity index (χ1n) is 20.5. The summed E-state index contributed by atoms with van der Waals surface area (Å²) in [7, 11) is 0. The zero-order valence-corrected chi connectivity index (χ0v) is 35.2. The van der Waals surface area contributed by atoms with Crippen molar-refractivity contribution >= 4 is 67.2 Å². The van der Waals surface area contributed by atoms with Gasteiger partial charge in [-0.15, -0.1) is 45.3 Å². The number of unbranched alkanes of at least 4 members (excludes halogenated alkanes) is 12. The van der Waals surface area contributed by atoms with Crippen LogP contribution < -0.4 is 0 Å². The smallest absolute Gasteiger partial charge is 0.0498 e. The van der Waals surface area contributed by atoms with Gasteiger partial charge in [-0.25, -0.2) is 0 Å². The standard InChI is InChI=1S/C48H57NS4/c1-3-5-7-9-11-12-14-16-22-36(21-15-13-10-8-6-4-2)35-49-43-33-41(47-25-19-29-52-47)39(45-23-17-27-50-45)31-37(43)38-32-40(46-24-18-28-51-46)42(34-44(38)49)48-26-20-30-53-48/h17-20,23-34,36H,3-16,21-22,35H2,1-2H3. The van der Waals surface area contributed by atoms with E-state index in [1.165, 1.54) is 166 Å². The first kappa shape index (κ1) is 38.3. The van der Waals surface area contributed by atoms with E-state index in [1.54, 1.807) is 0 Å². The summed E-state index contributed by atoms with van der Waals surface area (Å²) in [5.74, 6) is 0.685. The third kappa shape index (κ3) is 9.47. The fraction of sp³-hybridized carbons (Fsp3) is 0.417. The number of thiophene rings is 4. The van der Waals surface area contributed by atoms with E-state index in [2.05, 4.69) is 113 Å². The zero-order valence-electron chi connectivity index (χ0n) is 31.9. The van der Waals surface area contributed by atoms with Crippen LogP contribution in [0.3, 0.4) is 0 Å². The second kappa shape index (κ2) is 19.6. The van der Waals surface area contributed by atoms with Gasteiger partial charge >= 0.3 is 0 Å². The number of fused-ring (bicyclic) bond motifs is 3. The van der Waals surface area contributed by atoms with Crippen LogP contribution in [0.4, 0.5) is 0 Å². The van der Waals surface area contributed by atoms with Gasteiger partial charge in [0.2, 0.25) is 0 Å². The molecule has 0 fully saturated rings. The molecule has 1 nitrogen and oxygen atoms in total. The molecule has 5 heteroatoms. The quantitative estimate of drug-likeness (QED) is 0.0604. The van der Waals surface area contributed by atoms with Crippen molar-refractivity contribution in [2.75, 3.05) is 0 Å². The minimum atomic E-state index is 0.685. The summed E-state index contributed by atoms with van der Waals surface area (Å²) in [5, 5.41) is 11.7. The van der Waals surface area contributed by atoms with E-state index >= 15 is 0 Å². The van der Waals surface area contributed by atoms with Gasteiger partial charge in [0.15, 0.2) is 0 Å². The molecule has 2 aromatic carbocycles. The molecule has 7 rings (SSSR count). The van der Waals surface area contributed by atoms with Gasteiger partial charge < -0.3 is 4.57 Å². The lowest BCUT2D eigenvalue weighted by Gasteiger charge is -2.20. The SMILES string of the molecule is CCCCCCCCCCC(CCCCCCCC)Cn1c2cc(-c3cccs3)c(-c3cccs3)cc2c2cc(-c3cccs3)c(-c3cccs3)cc21. The van der Waals surface area contributed by atoms with Crippen LogP contribution in [0.1, 0.15) is 117 Å². The van der Waals surface area contributed by atoms with Crippen LogP contribution in [-0.2, 0) is 6.54 Å². The van der Waals surface area contributed by atoms with Gasteiger partial charge in [0.05, 0.1) is 0 Å². The Kier molecular flexibility index (Phi) is 14.2. The summed E-state index contributed by atoms with van der Waals surface area (Å²) in [4.78, 5) is 5.41. The molecule has 0 aliphatic rings. The van der Waals surface area contributed by atoms with Gasteiger partial charge in [-0.1, -0.05) is 128 Å². The summed E-state index contributed by atoms with van der Waals surface area (Å²) >= 11 is 7.44. The molecule has 0 radical (unpaired) electrons. The van der Waals surface area contributed by atoms with Crippen molar-refractivity contribution in [3.8, 4) is 41.8 Å². The van der Waals surface area contributed by atoms with Crippen LogP contribution >= 0.6 is 45.3 Å². The Morgan fingerprint density at radius 3 is 1.11 bits per heavy atom. The minimum absolute atomic E-state index is 0.685. The van der Waals surface area contributed by atoms with Gasteiger partial charge in [0.25, 0.3) is 0 Å². The highest BCUT2D eigenvalue weighted by Crippen LogP contribution is 2.46. The summed E-state index contributed by atoms with van der Waals surface area (Å²) < 4.78 is 2.77. The van der Waals surface area contributed by atoms with Crippen LogP contribution in [0.15, 0.2) is 94.3 Å². The average Bonchev–Trinajstić information content (AvgIpc) is 4.04. The van der Waals surface area contributed by atoms with Crippen molar-refractivity contribution < 1.29 is 0 Å². The molecule has 278 valence electrons. The molecular weight excluding hydrogens is 719 g/mol. The van der Waals surface area contributed by atoms with Crippen molar-refractivity contribution in [2.45, 2.75) is 123 Å². The van der Waals surface area contributed by atoms with Gasteiger partial charge in [-0.05, 0) is 88.8 Å². The molecule has 5 aromatic heterocycles. The van der Waals surface area contributed by atoms with E-state index in [0.717, 1.165) is 6.54 Å². The highest BCUT2D eigenvalue weighted by molar-refractivity contribution is 7.15. The van der Waals surface area contributed by atoms with E-state index < -0.39 is 0 Å². The van der Waals surface area contributed by atoms with Crippen molar-refractivity contribution in [1.82, 2.24) is 4.57 Å². The van der Waals surface area contributed by atoms with Crippen LogP contribution in [0.2, 0.25) is 0 Å². The molecule has 0 aliphatic carbocycles. The minimum Gasteiger partial charge on any atom is -0.340 e. The number of rotatable bonds is 22. The third-order valence-electron chi connectivity index (χ3n) is 11.2. The van der Waals surface area contributed by atoms with Crippen molar-refractivity contribution in [1.29, 1.82) is 0 Å². The Bertz CT molecular complexity index is 1950. The van der Waals surface area contributed by atoms with Gasteiger partial charge in [0, 0.05) is 70.1 Å². The first-order valence-corrected chi connectivity index (χ1v) is 24.1. The maximum Gasteiger partial charge on any atom is 0.0498 e. The van der Waals surface area contributed by atoms with E-state index in [0.29, 0.717) is 5.92 Å². The Hall–Kier alpha value is -2.96. The van der Waals surface area contributed by atoms with E-state index in [-0.39, 0.29) is 0 Å². The lowest BCUT2D eigenvalue weighted by Crippen LogP contribution is -2.11. The van der Waals surface area contributed by atoms with E-state index in [4.69, 9.17) is 0 Å². The molecule has 0 spiro atoms. The van der Waals surface area contributed by atoms with Crippen LogP contribution in [-0.4, -0.2) is 4.57 Å². The summed E-state index contributed by atoms with van der Waals surface area (Å²) in [5.41, 5.74) is 8.24. The molecule has 0 amide bonds. The maximum atomic E-state index is 2.77. The molecule has 1 unspecified atom stereocenters. The molecule has 7 aromatic rings. The molecule has 0 N–H and O–H groups in total. The molecule has 5 heterocycles. The summed E-state index contributed by atoms with van der Waals surface area (Å²) in [6.45, 7) is 5.74. The summed E-state index contributed by atoms with van der Waals surface area (Å²) in [6.07, 6.45) is 22.0. The number of hydrogen-bond donors (Lipinski definition) is 0. The number of benzene rings is 2. The predicted molar refractivity (Wildman–Crippen MR) is 241 cm³/mol. The zero-order chi connectivity index (χ0) is 36.2. The Morgan fingerprint density at radius 1 is 0.434 bits per heavy atom. The first-order chi connectivity index (χ1) is 26.2. The molecular formula is C48H57NS4. The highest BCUT2D eigenvalue weighted by atomic mass is 32.1. The van der Waals surface area contributed by atoms with Crippen LogP contribution in [0, 0.1) is 5.92 Å². The van der Waals surface area contributed by atoms with Gasteiger partial charge in [0.1, 0.15) is 0 Å². The third-order valence-corrected chi connectivity index (χ3v) is 14.8. The number of aromatic nitrogens is 1. The van der Waals surface area contributed by atoms with Crippen LogP contribution in [0.5, 0.6) is 0 Å². The van der Waals surface area contributed by atoms with Crippen LogP contribution in [0.25, 0.3) is 63.6 Å². The second-order valence-corrected chi connectivity index (χ2v) is 18.8. The molecule has 0 saturated carbocycles. The fourth-order valence-corrected chi connectivity index (χ4v) is 11.3. The lowest BCUT2D eigenvalue weighted by molar-refractivity contribution is 0.364. The Morgan fingerprint density at radius 2 is 0.774 bits per heavy atom. The van der Waals surface area contributed by atoms with Gasteiger partial charge in [-0.2, -0.15) is 0 Å². The van der Waals surface area contributed by atoms with Crippen molar-refractivity contribution in [3.63, 3.8) is 0 Å². The Labute approximate surface area is 334 Å². The molecule has 53 heavy (non-hydrogen) atoms. The normalized spacial score (nSPS) is 12.4. The van der Waals surface area contributed by atoms with Crippen molar-refractivity contribution in [2.24, 2.45) is 5.92 Å². The predicted octanol–water partition coefficient (Wildman–Crippen LogP) is 17.6. The monoisotopic (exact) mass is 775 g/mol. The molecule has 1 atom stereocenters. The number of hydrogen-bond acceptors (Lipinski definition) is 4. The fourth-order valence-electron chi connectivity index (χ4n) is 8.29. The molecule has 0 aliphatic heterocycles. The van der Waals surface area contributed by atoms with Crippen molar-refractivity contribution in [3.05, 3.63) is 94.3 Å². The largest absolute Gasteiger partial charge is 0.340 e. The molecule has 0 saturated heterocycles. The lowest BCUT2D eigenvalue weighted by atomic mass is 9.93. The average molecular weight is 776 g/mol. The maximum absolute atomic E-state index is 2.77. The second-order valence-electron chi connectivity index (χ2n) is 15.0.